The van der Waals surface area contributed by atoms with Gasteiger partial charge in [-0.3, -0.25) is 4.79 Å². The van der Waals surface area contributed by atoms with Crippen molar-refractivity contribution in [2.24, 2.45) is 11.8 Å². The molecule has 0 radical (unpaired) electrons. The van der Waals surface area contributed by atoms with Crippen LogP contribution in [0, 0.1) is 11.8 Å². The molecule has 1 amide bonds. The lowest BCUT2D eigenvalue weighted by atomic mass is 9.81. The SMILES string of the molecule is CC1CC(C(C)C(C)CCC2(C)NC2(C)CCO)OC(c2cc(C(=O)N(C)C)ccc2O)O1. The standard InChI is InChI=1S/C26H42N2O5/c1-16(10-11-25(4)26(5,27-25)12-13-29)18(3)22-14-17(2)32-24(33-22)20-15-19(8-9-21(20)30)23(31)28(6)7/h8-9,15-18,22,24,27,29-30H,10-14H2,1-7H3. The van der Waals surface area contributed by atoms with Crippen molar-refractivity contribution in [1.82, 2.24) is 10.2 Å². The normalized spacial score (nSPS) is 33.4. The number of benzene rings is 1. The van der Waals surface area contributed by atoms with Gasteiger partial charge in [0.1, 0.15) is 5.75 Å². The molecule has 0 spiro atoms. The maximum atomic E-state index is 12.4. The fraction of sp³-hybridized carbons (Fsp3) is 0.731. The van der Waals surface area contributed by atoms with Crippen LogP contribution in [0.3, 0.4) is 0 Å². The molecule has 0 aromatic heterocycles. The van der Waals surface area contributed by atoms with E-state index in [9.17, 15) is 15.0 Å². The van der Waals surface area contributed by atoms with Gasteiger partial charge in [-0.05, 0) is 70.1 Å². The lowest BCUT2D eigenvalue weighted by Gasteiger charge is -2.39. The second kappa shape index (κ2) is 9.90. The molecule has 1 aromatic carbocycles. The first-order valence-corrected chi connectivity index (χ1v) is 12.2. The minimum atomic E-state index is -0.709. The molecule has 33 heavy (non-hydrogen) atoms. The number of phenolic OH excluding ortho intramolecular Hbond substituents is 1. The number of carbonyl (C=O) groups excluding carboxylic acids is 1. The lowest BCUT2D eigenvalue weighted by Crippen LogP contribution is -2.38. The Kier molecular flexibility index (Phi) is 7.79. The smallest absolute Gasteiger partial charge is 0.253 e. The van der Waals surface area contributed by atoms with E-state index in [-0.39, 0.29) is 41.5 Å². The van der Waals surface area contributed by atoms with Gasteiger partial charge >= 0.3 is 0 Å². The highest BCUT2D eigenvalue weighted by molar-refractivity contribution is 5.94. The Morgan fingerprint density at radius 1 is 1.21 bits per heavy atom. The summed E-state index contributed by atoms with van der Waals surface area (Å²) in [7, 11) is 3.40. The molecule has 7 heteroatoms. The third-order valence-electron chi connectivity index (χ3n) is 8.06. The highest BCUT2D eigenvalue weighted by Crippen LogP contribution is 2.46. The summed E-state index contributed by atoms with van der Waals surface area (Å²) < 4.78 is 12.4. The predicted molar refractivity (Wildman–Crippen MR) is 128 cm³/mol. The monoisotopic (exact) mass is 462 g/mol. The molecule has 2 heterocycles. The van der Waals surface area contributed by atoms with Gasteiger partial charge in [-0.2, -0.15) is 0 Å². The highest BCUT2D eigenvalue weighted by atomic mass is 16.7. The maximum Gasteiger partial charge on any atom is 0.253 e. The molecule has 2 aliphatic rings. The Labute approximate surface area is 198 Å². The zero-order valence-corrected chi connectivity index (χ0v) is 21.2. The van der Waals surface area contributed by atoms with Gasteiger partial charge in [0.05, 0.1) is 17.8 Å². The van der Waals surface area contributed by atoms with Crippen LogP contribution in [-0.2, 0) is 9.47 Å². The Balaban J connectivity index is 1.67. The second-order valence-corrected chi connectivity index (χ2v) is 10.8. The van der Waals surface area contributed by atoms with Crippen LogP contribution < -0.4 is 5.32 Å². The Hall–Kier alpha value is -1.67. The van der Waals surface area contributed by atoms with Gasteiger partial charge in [0, 0.05) is 43.8 Å². The van der Waals surface area contributed by atoms with Crippen molar-refractivity contribution in [3.05, 3.63) is 29.3 Å². The zero-order chi connectivity index (χ0) is 24.6. The van der Waals surface area contributed by atoms with Gasteiger partial charge in [-0.1, -0.05) is 13.8 Å². The van der Waals surface area contributed by atoms with Gasteiger partial charge in [-0.15, -0.1) is 0 Å². The molecule has 186 valence electrons. The van der Waals surface area contributed by atoms with E-state index in [1.165, 1.54) is 11.0 Å². The van der Waals surface area contributed by atoms with Gasteiger partial charge in [-0.25, -0.2) is 0 Å². The number of aliphatic hydroxyl groups is 1. The lowest BCUT2D eigenvalue weighted by molar-refractivity contribution is -0.256. The average Bonchev–Trinajstić information content (AvgIpc) is 3.30. The molecule has 0 saturated carbocycles. The van der Waals surface area contributed by atoms with Crippen LogP contribution in [0.2, 0.25) is 0 Å². The summed E-state index contributed by atoms with van der Waals surface area (Å²) in [5.41, 5.74) is 1.08. The van der Waals surface area contributed by atoms with E-state index in [0.717, 1.165) is 25.7 Å². The zero-order valence-electron chi connectivity index (χ0n) is 21.2. The summed E-state index contributed by atoms with van der Waals surface area (Å²) in [5.74, 6) is 0.682. The number of carbonyl (C=O) groups is 1. The first kappa shape index (κ1) is 25.9. The van der Waals surface area contributed by atoms with E-state index in [0.29, 0.717) is 23.0 Å². The molecule has 3 N–H and O–H groups in total. The van der Waals surface area contributed by atoms with E-state index in [1.807, 2.05) is 6.92 Å². The van der Waals surface area contributed by atoms with Gasteiger partial charge in [0.2, 0.25) is 0 Å². The largest absolute Gasteiger partial charge is 0.507 e. The van der Waals surface area contributed by atoms with Crippen LogP contribution in [0.5, 0.6) is 5.75 Å². The number of phenols is 1. The Morgan fingerprint density at radius 3 is 2.52 bits per heavy atom. The molecule has 7 unspecified atom stereocenters. The molecule has 2 fully saturated rings. The van der Waals surface area contributed by atoms with E-state index in [4.69, 9.17) is 9.47 Å². The number of rotatable bonds is 9. The molecule has 0 bridgehead atoms. The Morgan fingerprint density at radius 2 is 1.88 bits per heavy atom. The third kappa shape index (κ3) is 5.53. The summed E-state index contributed by atoms with van der Waals surface area (Å²) in [6.45, 7) is 11.2. The minimum absolute atomic E-state index is 0.00912. The maximum absolute atomic E-state index is 12.4. The summed E-state index contributed by atoms with van der Waals surface area (Å²) in [5, 5.41) is 23.4. The van der Waals surface area contributed by atoms with Crippen LogP contribution in [-0.4, -0.2) is 65.0 Å². The number of ether oxygens (including phenoxy) is 2. The number of aromatic hydroxyl groups is 1. The summed E-state index contributed by atoms with van der Waals surface area (Å²) in [6.07, 6.45) is 2.93. The van der Waals surface area contributed by atoms with E-state index >= 15 is 0 Å². The number of hydrogen-bond acceptors (Lipinski definition) is 6. The minimum Gasteiger partial charge on any atom is -0.507 e. The van der Waals surface area contributed by atoms with Crippen LogP contribution >= 0.6 is 0 Å². The number of amides is 1. The quantitative estimate of drug-likeness (QED) is 0.482. The van der Waals surface area contributed by atoms with Crippen molar-refractivity contribution >= 4 is 5.91 Å². The molecular formula is C26H42N2O5. The molecule has 7 atom stereocenters. The van der Waals surface area contributed by atoms with Crippen LogP contribution in [0.25, 0.3) is 0 Å². The number of nitrogens with zero attached hydrogens (tertiary/aromatic N) is 1. The molecule has 3 rings (SSSR count). The van der Waals surface area contributed by atoms with Gasteiger partial charge in [0.15, 0.2) is 6.29 Å². The predicted octanol–water partition coefficient (Wildman–Crippen LogP) is 3.84. The molecule has 0 aliphatic carbocycles. The fourth-order valence-corrected chi connectivity index (χ4v) is 5.08. The fourth-order valence-electron chi connectivity index (χ4n) is 5.08. The molecular weight excluding hydrogens is 420 g/mol. The van der Waals surface area contributed by atoms with Crippen molar-refractivity contribution in [1.29, 1.82) is 0 Å². The average molecular weight is 463 g/mol. The molecule has 1 aromatic rings. The van der Waals surface area contributed by atoms with Crippen LogP contribution in [0.1, 0.15) is 82.5 Å². The summed E-state index contributed by atoms with van der Waals surface area (Å²) in [4.78, 5) is 13.9. The first-order valence-electron chi connectivity index (χ1n) is 12.2. The van der Waals surface area contributed by atoms with E-state index in [2.05, 4.69) is 33.0 Å². The Bertz CT molecular complexity index is 846. The topological polar surface area (TPSA) is 101 Å². The summed E-state index contributed by atoms with van der Waals surface area (Å²) in [6, 6.07) is 4.83. The van der Waals surface area contributed by atoms with Gasteiger partial charge < -0.3 is 29.9 Å². The van der Waals surface area contributed by atoms with Crippen LogP contribution in [0.4, 0.5) is 0 Å². The number of nitrogens with one attached hydrogen (secondary N) is 1. The van der Waals surface area contributed by atoms with Gasteiger partial charge in [0.25, 0.3) is 5.91 Å². The van der Waals surface area contributed by atoms with E-state index < -0.39 is 6.29 Å². The van der Waals surface area contributed by atoms with Crippen molar-refractivity contribution in [3.8, 4) is 5.75 Å². The van der Waals surface area contributed by atoms with Crippen LogP contribution in [0.15, 0.2) is 18.2 Å². The number of aliphatic hydroxyl groups excluding tert-OH is 1. The highest BCUT2D eigenvalue weighted by Gasteiger charge is 2.59. The summed E-state index contributed by atoms with van der Waals surface area (Å²) >= 11 is 0. The van der Waals surface area contributed by atoms with Crippen molar-refractivity contribution in [2.75, 3.05) is 20.7 Å². The number of hydrogen-bond donors (Lipinski definition) is 3. The molecule has 2 aliphatic heterocycles. The second-order valence-electron chi connectivity index (χ2n) is 10.8. The van der Waals surface area contributed by atoms with E-state index in [1.54, 1.807) is 26.2 Å². The third-order valence-corrected chi connectivity index (χ3v) is 8.06. The van der Waals surface area contributed by atoms with Crippen molar-refractivity contribution in [3.63, 3.8) is 0 Å². The molecule has 7 nitrogen and oxygen atoms in total. The first-order chi connectivity index (χ1) is 15.4. The molecule has 2 saturated heterocycles. The van der Waals surface area contributed by atoms with Crippen molar-refractivity contribution in [2.45, 2.75) is 89.9 Å². The van der Waals surface area contributed by atoms with Crippen molar-refractivity contribution < 1.29 is 24.5 Å².